The number of rotatable bonds is 3. The van der Waals surface area contributed by atoms with Crippen LogP contribution < -0.4 is 10.7 Å². The first kappa shape index (κ1) is 18.1. The zero-order valence-electron chi connectivity index (χ0n) is 15.2. The summed E-state index contributed by atoms with van der Waals surface area (Å²) in [6.07, 6.45) is 1.92. The summed E-state index contributed by atoms with van der Waals surface area (Å²) < 4.78 is 0. The SMILES string of the molecule is CC1=NNC(=O)C1=C1C=C(Sc2cccc(C(=O)O)c2C)c2ccccc2N1. The molecule has 2 aromatic carbocycles. The number of carboxylic acid groups (broad SMARTS) is 1. The molecule has 2 aliphatic rings. The fourth-order valence-corrected chi connectivity index (χ4v) is 4.33. The van der Waals surface area contributed by atoms with E-state index in [0.29, 0.717) is 22.5 Å². The van der Waals surface area contributed by atoms with Crippen molar-refractivity contribution < 1.29 is 14.7 Å². The maximum Gasteiger partial charge on any atom is 0.335 e. The van der Waals surface area contributed by atoms with E-state index in [0.717, 1.165) is 21.1 Å². The predicted octanol–water partition coefficient (Wildman–Crippen LogP) is 4.01. The number of benzene rings is 2. The van der Waals surface area contributed by atoms with Gasteiger partial charge in [0.15, 0.2) is 0 Å². The maximum atomic E-state index is 12.2. The van der Waals surface area contributed by atoms with E-state index in [2.05, 4.69) is 15.8 Å². The molecule has 0 bridgehead atoms. The molecule has 28 heavy (non-hydrogen) atoms. The number of allylic oxidation sites excluding steroid dienone is 1. The average molecular weight is 391 g/mol. The average Bonchev–Trinajstić information content (AvgIpc) is 3.01. The molecule has 0 spiro atoms. The number of aromatic carboxylic acids is 1. The summed E-state index contributed by atoms with van der Waals surface area (Å²) in [6.45, 7) is 3.59. The Morgan fingerprint density at radius 3 is 2.61 bits per heavy atom. The predicted molar refractivity (Wildman–Crippen MR) is 110 cm³/mol. The Bertz CT molecular complexity index is 1120. The van der Waals surface area contributed by atoms with Crippen molar-refractivity contribution in [3.8, 4) is 0 Å². The second-order valence-corrected chi connectivity index (χ2v) is 7.53. The lowest BCUT2D eigenvalue weighted by molar-refractivity contribution is -0.116. The number of amides is 1. The van der Waals surface area contributed by atoms with Crippen molar-refractivity contribution >= 4 is 39.9 Å². The number of carboxylic acids is 1. The summed E-state index contributed by atoms with van der Waals surface area (Å²) in [5.74, 6) is -1.19. The molecule has 0 aromatic heterocycles. The van der Waals surface area contributed by atoms with Crippen molar-refractivity contribution in [2.75, 3.05) is 5.32 Å². The van der Waals surface area contributed by atoms with Gasteiger partial charge in [0.2, 0.25) is 0 Å². The number of nitrogens with zero attached hydrogens (tertiary/aromatic N) is 1. The van der Waals surface area contributed by atoms with E-state index in [1.807, 2.05) is 36.4 Å². The molecule has 6 nitrogen and oxygen atoms in total. The van der Waals surface area contributed by atoms with Crippen LogP contribution in [0.25, 0.3) is 4.91 Å². The van der Waals surface area contributed by atoms with Crippen LogP contribution in [0.5, 0.6) is 0 Å². The van der Waals surface area contributed by atoms with Crippen molar-refractivity contribution in [2.45, 2.75) is 18.7 Å². The molecule has 0 radical (unpaired) electrons. The van der Waals surface area contributed by atoms with Gasteiger partial charge in [0.05, 0.1) is 22.5 Å². The molecule has 0 atom stereocenters. The first-order chi connectivity index (χ1) is 13.5. The van der Waals surface area contributed by atoms with Gasteiger partial charge in [-0.15, -0.1) is 0 Å². The number of carbonyl (C=O) groups is 2. The normalized spacial score (nSPS) is 18.0. The molecule has 0 aliphatic carbocycles. The number of hydrogen-bond donors (Lipinski definition) is 3. The minimum atomic E-state index is -0.947. The van der Waals surface area contributed by atoms with E-state index in [1.165, 1.54) is 11.8 Å². The quantitative estimate of drug-likeness (QED) is 0.688. The highest BCUT2D eigenvalue weighted by atomic mass is 32.2. The molecule has 2 heterocycles. The molecule has 0 unspecified atom stereocenters. The largest absolute Gasteiger partial charge is 0.478 e. The van der Waals surface area contributed by atoms with Gasteiger partial charge < -0.3 is 10.4 Å². The molecular formula is C21H17N3O3S. The number of para-hydroxylation sites is 1. The summed E-state index contributed by atoms with van der Waals surface area (Å²) >= 11 is 1.48. The smallest absolute Gasteiger partial charge is 0.335 e. The molecule has 0 fully saturated rings. The van der Waals surface area contributed by atoms with E-state index in [9.17, 15) is 14.7 Å². The first-order valence-electron chi connectivity index (χ1n) is 8.64. The summed E-state index contributed by atoms with van der Waals surface area (Å²) in [5.41, 5.74) is 7.15. The van der Waals surface area contributed by atoms with Gasteiger partial charge in [-0.3, -0.25) is 4.79 Å². The van der Waals surface area contributed by atoms with Gasteiger partial charge in [-0.1, -0.05) is 36.0 Å². The zero-order valence-corrected chi connectivity index (χ0v) is 16.1. The third-order valence-corrected chi connectivity index (χ3v) is 5.87. The molecule has 1 amide bonds. The molecule has 140 valence electrons. The number of nitrogens with one attached hydrogen (secondary N) is 2. The summed E-state index contributed by atoms with van der Waals surface area (Å²) in [7, 11) is 0. The van der Waals surface area contributed by atoms with Crippen LogP contribution in [0.4, 0.5) is 5.69 Å². The highest BCUT2D eigenvalue weighted by Gasteiger charge is 2.26. The Morgan fingerprint density at radius 1 is 1.11 bits per heavy atom. The van der Waals surface area contributed by atoms with E-state index in [4.69, 9.17) is 0 Å². The van der Waals surface area contributed by atoms with Crippen LogP contribution in [0.2, 0.25) is 0 Å². The Morgan fingerprint density at radius 2 is 1.89 bits per heavy atom. The minimum absolute atomic E-state index is 0.246. The Balaban J connectivity index is 1.83. The topological polar surface area (TPSA) is 90.8 Å². The Kier molecular flexibility index (Phi) is 4.52. The van der Waals surface area contributed by atoms with Gasteiger partial charge in [0, 0.05) is 21.1 Å². The molecule has 0 saturated heterocycles. The van der Waals surface area contributed by atoms with Gasteiger partial charge in [0.25, 0.3) is 5.91 Å². The van der Waals surface area contributed by atoms with Crippen LogP contribution in [0, 0.1) is 6.92 Å². The van der Waals surface area contributed by atoms with Gasteiger partial charge in [-0.25, -0.2) is 10.2 Å². The van der Waals surface area contributed by atoms with E-state index >= 15 is 0 Å². The van der Waals surface area contributed by atoms with Crippen molar-refractivity contribution in [3.05, 3.63) is 76.5 Å². The molecule has 2 aliphatic heterocycles. The van der Waals surface area contributed by atoms with E-state index < -0.39 is 5.97 Å². The number of hydrogen-bond acceptors (Lipinski definition) is 5. The lowest BCUT2D eigenvalue weighted by Gasteiger charge is -2.22. The van der Waals surface area contributed by atoms with E-state index in [1.54, 1.807) is 26.0 Å². The standard InChI is InChI=1S/C21H17N3O3S/c1-11-13(21(26)27)7-5-9-17(11)28-18-10-16(19-12(2)23-24-20(19)25)22-15-8-4-3-6-14(15)18/h3-10,22H,1-2H3,(H,24,25)(H,26,27). The molecule has 0 saturated carbocycles. The number of hydrazone groups is 1. The third kappa shape index (κ3) is 3.10. The number of fused-ring (bicyclic) bond motifs is 1. The van der Waals surface area contributed by atoms with Crippen molar-refractivity contribution in [1.82, 2.24) is 5.43 Å². The van der Waals surface area contributed by atoms with Crippen LogP contribution in [0.3, 0.4) is 0 Å². The van der Waals surface area contributed by atoms with Crippen LogP contribution >= 0.6 is 11.8 Å². The van der Waals surface area contributed by atoms with Crippen LogP contribution in [0.1, 0.15) is 28.4 Å². The number of anilines is 1. The Labute approximate surface area is 166 Å². The van der Waals surface area contributed by atoms with Crippen LogP contribution in [0.15, 0.2) is 69.8 Å². The molecular weight excluding hydrogens is 374 g/mol. The fourth-order valence-electron chi connectivity index (χ4n) is 3.22. The van der Waals surface area contributed by atoms with Crippen LogP contribution in [-0.2, 0) is 4.79 Å². The molecule has 2 aromatic rings. The fraction of sp³-hybridized carbons (Fsp3) is 0.0952. The monoisotopic (exact) mass is 391 g/mol. The Hall–Kier alpha value is -3.32. The lowest BCUT2D eigenvalue weighted by atomic mass is 10.0. The highest BCUT2D eigenvalue weighted by molar-refractivity contribution is 8.08. The number of carbonyl (C=O) groups excluding carboxylic acids is 1. The van der Waals surface area contributed by atoms with Crippen molar-refractivity contribution in [2.24, 2.45) is 5.10 Å². The maximum absolute atomic E-state index is 12.2. The minimum Gasteiger partial charge on any atom is -0.478 e. The summed E-state index contributed by atoms with van der Waals surface area (Å²) in [4.78, 5) is 25.5. The molecule has 3 N–H and O–H groups in total. The number of thioether (sulfide) groups is 1. The van der Waals surface area contributed by atoms with Crippen molar-refractivity contribution in [3.63, 3.8) is 0 Å². The lowest BCUT2D eigenvalue weighted by Crippen LogP contribution is -2.18. The van der Waals surface area contributed by atoms with Gasteiger partial charge >= 0.3 is 5.97 Å². The van der Waals surface area contributed by atoms with Gasteiger partial charge in [-0.05, 0) is 43.7 Å². The van der Waals surface area contributed by atoms with Gasteiger partial charge in [-0.2, -0.15) is 5.10 Å². The third-order valence-electron chi connectivity index (χ3n) is 4.66. The summed E-state index contributed by atoms with van der Waals surface area (Å²) in [6, 6.07) is 13.1. The second-order valence-electron chi connectivity index (χ2n) is 6.44. The second kappa shape index (κ2) is 7.01. The van der Waals surface area contributed by atoms with E-state index in [-0.39, 0.29) is 11.5 Å². The highest BCUT2D eigenvalue weighted by Crippen LogP contribution is 2.43. The molecule has 4 rings (SSSR count). The van der Waals surface area contributed by atoms with Gasteiger partial charge in [0.1, 0.15) is 0 Å². The zero-order chi connectivity index (χ0) is 19.8. The van der Waals surface area contributed by atoms with Crippen molar-refractivity contribution in [1.29, 1.82) is 0 Å². The van der Waals surface area contributed by atoms with Crippen LogP contribution in [-0.4, -0.2) is 22.7 Å². The summed E-state index contributed by atoms with van der Waals surface area (Å²) in [5, 5.41) is 16.7. The molecule has 7 heteroatoms. The first-order valence-corrected chi connectivity index (χ1v) is 9.45.